The van der Waals surface area contributed by atoms with Crippen LogP contribution in [0.25, 0.3) is 0 Å². The Bertz CT molecular complexity index is 602. The highest BCUT2D eigenvalue weighted by Gasteiger charge is 2.22. The third-order valence-corrected chi connectivity index (χ3v) is 4.32. The molecule has 1 unspecified atom stereocenters. The first-order valence-corrected chi connectivity index (χ1v) is 7.74. The SMILES string of the molecule is Cc1ccc(Cc2nc(C)c(C3CCNC3)c(C)n2)cc1. The quantitative estimate of drug-likeness (QED) is 0.939. The predicted octanol–water partition coefficient (Wildman–Crippen LogP) is 3.07. The van der Waals surface area contributed by atoms with Crippen LogP contribution in [0.1, 0.15) is 46.2 Å². The molecule has 21 heavy (non-hydrogen) atoms. The number of hydrogen-bond donors (Lipinski definition) is 1. The minimum atomic E-state index is 0.582. The number of aryl methyl sites for hydroxylation is 3. The molecule has 1 atom stereocenters. The van der Waals surface area contributed by atoms with Gasteiger partial charge in [0, 0.05) is 30.3 Å². The summed E-state index contributed by atoms with van der Waals surface area (Å²) < 4.78 is 0. The van der Waals surface area contributed by atoms with Gasteiger partial charge < -0.3 is 5.32 Å². The van der Waals surface area contributed by atoms with Crippen LogP contribution >= 0.6 is 0 Å². The third kappa shape index (κ3) is 3.13. The van der Waals surface area contributed by atoms with Crippen molar-refractivity contribution in [3.8, 4) is 0 Å². The van der Waals surface area contributed by atoms with Gasteiger partial charge in [0.15, 0.2) is 0 Å². The van der Waals surface area contributed by atoms with Gasteiger partial charge in [-0.05, 0) is 44.9 Å². The summed E-state index contributed by atoms with van der Waals surface area (Å²) in [5, 5.41) is 3.43. The van der Waals surface area contributed by atoms with E-state index in [9.17, 15) is 0 Å². The Morgan fingerprint density at radius 3 is 2.29 bits per heavy atom. The molecule has 2 heterocycles. The highest BCUT2D eigenvalue weighted by molar-refractivity contribution is 5.31. The van der Waals surface area contributed by atoms with Gasteiger partial charge in [-0.15, -0.1) is 0 Å². The first kappa shape index (κ1) is 14.2. The summed E-state index contributed by atoms with van der Waals surface area (Å²) in [6.07, 6.45) is 2.01. The molecule has 0 aliphatic carbocycles. The average Bonchev–Trinajstić information content (AvgIpc) is 2.94. The Morgan fingerprint density at radius 1 is 1.05 bits per heavy atom. The number of nitrogens with one attached hydrogen (secondary N) is 1. The molecule has 0 spiro atoms. The highest BCUT2D eigenvalue weighted by Crippen LogP contribution is 2.27. The second-order valence-corrected chi connectivity index (χ2v) is 6.08. The first-order valence-electron chi connectivity index (χ1n) is 7.74. The number of rotatable bonds is 3. The van der Waals surface area contributed by atoms with Gasteiger partial charge >= 0.3 is 0 Å². The molecule has 0 radical (unpaired) electrons. The van der Waals surface area contributed by atoms with Gasteiger partial charge in [-0.3, -0.25) is 0 Å². The molecular weight excluding hydrogens is 258 g/mol. The van der Waals surface area contributed by atoms with Crippen LogP contribution in [0.15, 0.2) is 24.3 Å². The van der Waals surface area contributed by atoms with E-state index in [4.69, 9.17) is 9.97 Å². The smallest absolute Gasteiger partial charge is 0.133 e. The lowest BCUT2D eigenvalue weighted by atomic mass is 9.95. The lowest BCUT2D eigenvalue weighted by Gasteiger charge is -2.15. The molecule has 1 aromatic heterocycles. The average molecular weight is 281 g/mol. The topological polar surface area (TPSA) is 37.8 Å². The third-order valence-electron chi connectivity index (χ3n) is 4.32. The fraction of sp³-hybridized carbons (Fsp3) is 0.444. The van der Waals surface area contributed by atoms with Gasteiger partial charge in [-0.25, -0.2) is 9.97 Å². The van der Waals surface area contributed by atoms with Crippen LogP contribution in [-0.2, 0) is 6.42 Å². The van der Waals surface area contributed by atoms with E-state index in [1.165, 1.54) is 23.1 Å². The van der Waals surface area contributed by atoms with Crippen molar-refractivity contribution in [3.05, 3.63) is 58.2 Å². The molecule has 110 valence electrons. The van der Waals surface area contributed by atoms with Crippen molar-refractivity contribution in [1.82, 2.24) is 15.3 Å². The Morgan fingerprint density at radius 2 is 1.71 bits per heavy atom. The van der Waals surface area contributed by atoms with E-state index in [2.05, 4.69) is 50.4 Å². The van der Waals surface area contributed by atoms with E-state index in [0.29, 0.717) is 5.92 Å². The van der Waals surface area contributed by atoms with Crippen LogP contribution < -0.4 is 5.32 Å². The zero-order valence-electron chi connectivity index (χ0n) is 13.1. The molecule has 3 heteroatoms. The van der Waals surface area contributed by atoms with E-state index >= 15 is 0 Å². The van der Waals surface area contributed by atoms with Crippen LogP contribution in [0.2, 0.25) is 0 Å². The van der Waals surface area contributed by atoms with Crippen molar-refractivity contribution in [2.45, 2.75) is 39.5 Å². The van der Waals surface area contributed by atoms with Crippen molar-refractivity contribution in [3.63, 3.8) is 0 Å². The summed E-state index contributed by atoms with van der Waals surface area (Å²) in [6, 6.07) is 8.62. The van der Waals surface area contributed by atoms with Gasteiger partial charge in [0.2, 0.25) is 0 Å². The standard InChI is InChI=1S/C18H23N3/c1-12-4-6-15(7-5-12)10-17-20-13(2)18(14(3)21-17)16-8-9-19-11-16/h4-7,16,19H,8-11H2,1-3H3. The molecule has 0 saturated carbocycles. The predicted molar refractivity (Wildman–Crippen MR) is 85.7 cm³/mol. The first-order chi connectivity index (χ1) is 10.1. The zero-order chi connectivity index (χ0) is 14.8. The summed E-state index contributed by atoms with van der Waals surface area (Å²) in [5.74, 6) is 1.52. The molecule has 1 fully saturated rings. The molecule has 2 aromatic rings. The fourth-order valence-electron chi connectivity index (χ4n) is 3.25. The number of hydrogen-bond acceptors (Lipinski definition) is 3. The second-order valence-electron chi connectivity index (χ2n) is 6.08. The summed E-state index contributed by atoms with van der Waals surface area (Å²) in [6.45, 7) is 8.53. The molecule has 3 rings (SSSR count). The number of aromatic nitrogens is 2. The van der Waals surface area contributed by atoms with Crippen molar-refractivity contribution in [2.75, 3.05) is 13.1 Å². The second kappa shape index (κ2) is 5.94. The molecule has 0 amide bonds. The van der Waals surface area contributed by atoms with Crippen LogP contribution in [0, 0.1) is 20.8 Å². The maximum Gasteiger partial charge on any atom is 0.133 e. The molecule has 1 saturated heterocycles. The number of benzene rings is 1. The Hall–Kier alpha value is -1.74. The molecule has 1 aliphatic heterocycles. The summed E-state index contributed by atoms with van der Waals surface area (Å²) in [7, 11) is 0. The van der Waals surface area contributed by atoms with E-state index in [0.717, 1.165) is 36.7 Å². The van der Waals surface area contributed by atoms with E-state index in [1.54, 1.807) is 0 Å². The van der Waals surface area contributed by atoms with Gasteiger partial charge in [0.1, 0.15) is 5.82 Å². The van der Waals surface area contributed by atoms with Crippen LogP contribution in [0.4, 0.5) is 0 Å². The Labute approximate surface area is 126 Å². The summed E-state index contributed by atoms with van der Waals surface area (Å²) in [4.78, 5) is 9.51. The van der Waals surface area contributed by atoms with Gasteiger partial charge in [0.05, 0.1) is 0 Å². The zero-order valence-corrected chi connectivity index (χ0v) is 13.1. The molecule has 1 aromatic carbocycles. The van der Waals surface area contributed by atoms with E-state index in [-0.39, 0.29) is 0 Å². The minimum Gasteiger partial charge on any atom is -0.316 e. The van der Waals surface area contributed by atoms with Crippen molar-refractivity contribution < 1.29 is 0 Å². The Balaban J connectivity index is 1.85. The summed E-state index contributed by atoms with van der Waals surface area (Å²) >= 11 is 0. The van der Waals surface area contributed by atoms with Crippen LogP contribution in [-0.4, -0.2) is 23.1 Å². The fourth-order valence-corrected chi connectivity index (χ4v) is 3.25. The molecule has 1 aliphatic rings. The highest BCUT2D eigenvalue weighted by atomic mass is 14.9. The van der Waals surface area contributed by atoms with Crippen molar-refractivity contribution in [1.29, 1.82) is 0 Å². The molecule has 0 bridgehead atoms. The monoisotopic (exact) mass is 281 g/mol. The van der Waals surface area contributed by atoms with Crippen LogP contribution in [0.3, 0.4) is 0 Å². The molecule has 1 N–H and O–H groups in total. The van der Waals surface area contributed by atoms with Crippen LogP contribution in [0.5, 0.6) is 0 Å². The maximum absolute atomic E-state index is 4.76. The lowest BCUT2D eigenvalue weighted by molar-refractivity contribution is 0.724. The largest absolute Gasteiger partial charge is 0.316 e. The molecule has 3 nitrogen and oxygen atoms in total. The number of nitrogens with zero attached hydrogens (tertiary/aromatic N) is 2. The molecular formula is C18H23N3. The minimum absolute atomic E-state index is 0.582. The Kier molecular flexibility index (Phi) is 4.02. The van der Waals surface area contributed by atoms with E-state index < -0.39 is 0 Å². The maximum atomic E-state index is 4.76. The van der Waals surface area contributed by atoms with Crippen molar-refractivity contribution in [2.24, 2.45) is 0 Å². The summed E-state index contributed by atoms with van der Waals surface area (Å²) in [5.41, 5.74) is 6.22. The normalized spacial score (nSPS) is 18.1. The van der Waals surface area contributed by atoms with Gasteiger partial charge in [-0.1, -0.05) is 29.8 Å². The van der Waals surface area contributed by atoms with Gasteiger partial charge in [0.25, 0.3) is 0 Å². The van der Waals surface area contributed by atoms with Gasteiger partial charge in [-0.2, -0.15) is 0 Å². The lowest BCUT2D eigenvalue weighted by Crippen LogP contribution is -2.13. The van der Waals surface area contributed by atoms with Crippen molar-refractivity contribution >= 4 is 0 Å². The van der Waals surface area contributed by atoms with E-state index in [1.807, 2.05) is 0 Å².